The van der Waals surface area contributed by atoms with E-state index in [9.17, 15) is 8.42 Å². The lowest BCUT2D eigenvalue weighted by Gasteiger charge is -2.11. The van der Waals surface area contributed by atoms with Crippen LogP contribution in [0.3, 0.4) is 0 Å². The van der Waals surface area contributed by atoms with Crippen molar-refractivity contribution in [1.82, 2.24) is 4.98 Å². The van der Waals surface area contributed by atoms with Gasteiger partial charge in [-0.3, -0.25) is 4.72 Å². The summed E-state index contributed by atoms with van der Waals surface area (Å²) in [4.78, 5) is 3.92. The molecule has 0 spiro atoms. The molecule has 20 heavy (non-hydrogen) atoms. The van der Waals surface area contributed by atoms with Gasteiger partial charge in [0.1, 0.15) is 5.75 Å². The molecule has 108 valence electrons. The third-order valence-corrected chi connectivity index (χ3v) is 5.88. The van der Waals surface area contributed by atoms with Crippen LogP contribution < -0.4 is 15.2 Å². The van der Waals surface area contributed by atoms with Gasteiger partial charge in [0, 0.05) is 4.47 Å². The first kappa shape index (κ1) is 15.1. The lowest BCUT2D eigenvalue weighted by Crippen LogP contribution is -2.13. The Balaban J connectivity index is 2.43. The Kier molecular flexibility index (Phi) is 4.21. The van der Waals surface area contributed by atoms with E-state index in [1.165, 1.54) is 7.11 Å². The highest BCUT2D eigenvalue weighted by Gasteiger charge is 2.22. The molecule has 0 aliphatic carbocycles. The first-order valence-corrected chi connectivity index (χ1v) is 8.52. The number of nitrogen functional groups attached to an aromatic ring is 1. The van der Waals surface area contributed by atoms with E-state index in [0.29, 0.717) is 17.1 Å². The first-order valence-electron chi connectivity index (χ1n) is 5.43. The van der Waals surface area contributed by atoms with Crippen LogP contribution >= 0.6 is 27.3 Å². The van der Waals surface area contributed by atoms with Gasteiger partial charge in [0.15, 0.2) is 9.34 Å². The van der Waals surface area contributed by atoms with Crippen molar-refractivity contribution < 1.29 is 13.2 Å². The SMILES string of the molecule is COc1ccc(Br)cc1NS(=O)(=O)c1sc(N)nc1C. The van der Waals surface area contributed by atoms with Crippen molar-refractivity contribution in [2.75, 3.05) is 17.6 Å². The standard InChI is InChI=1S/C11H12BrN3O3S2/c1-6-10(19-11(13)14-6)20(16,17)15-8-5-7(12)3-4-9(8)18-2/h3-5,15H,1-2H3,(H2,13,14). The molecule has 1 aromatic carbocycles. The Labute approximate surface area is 129 Å². The fourth-order valence-electron chi connectivity index (χ4n) is 1.60. The Hall–Kier alpha value is -1.32. The molecule has 1 aromatic heterocycles. The predicted molar refractivity (Wildman–Crippen MR) is 82.8 cm³/mol. The summed E-state index contributed by atoms with van der Waals surface area (Å²) in [6, 6.07) is 5.04. The highest BCUT2D eigenvalue weighted by atomic mass is 79.9. The third kappa shape index (κ3) is 3.05. The van der Waals surface area contributed by atoms with Gasteiger partial charge in [-0.25, -0.2) is 13.4 Å². The van der Waals surface area contributed by atoms with Crippen molar-refractivity contribution in [2.24, 2.45) is 0 Å². The monoisotopic (exact) mass is 377 g/mol. The second-order valence-corrected chi connectivity index (χ2v) is 7.70. The fourth-order valence-corrected chi connectivity index (χ4v) is 4.33. The molecule has 3 N–H and O–H groups in total. The van der Waals surface area contributed by atoms with Crippen LogP contribution in [0.2, 0.25) is 0 Å². The summed E-state index contributed by atoms with van der Waals surface area (Å²) < 4.78 is 33.1. The number of anilines is 2. The zero-order valence-corrected chi connectivity index (χ0v) is 13.9. The Bertz CT molecular complexity index is 743. The number of nitrogens with two attached hydrogens (primary N) is 1. The smallest absolute Gasteiger partial charge is 0.273 e. The van der Waals surface area contributed by atoms with E-state index in [-0.39, 0.29) is 9.34 Å². The number of nitrogens with one attached hydrogen (secondary N) is 1. The molecule has 0 amide bonds. The number of aryl methyl sites for hydroxylation is 1. The van der Waals surface area contributed by atoms with Crippen LogP contribution in [0.5, 0.6) is 5.75 Å². The van der Waals surface area contributed by atoms with Crippen LogP contribution in [0.15, 0.2) is 26.9 Å². The number of hydrogen-bond acceptors (Lipinski definition) is 6. The summed E-state index contributed by atoms with van der Waals surface area (Å²) in [6.45, 7) is 1.60. The van der Waals surface area contributed by atoms with Crippen molar-refractivity contribution in [3.05, 3.63) is 28.4 Å². The number of methoxy groups -OCH3 is 1. The maximum absolute atomic E-state index is 12.3. The third-order valence-electron chi connectivity index (χ3n) is 2.42. The molecule has 0 saturated carbocycles. The summed E-state index contributed by atoms with van der Waals surface area (Å²) in [7, 11) is -2.28. The summed E-state index contributed by atoms with van der Waals surface area (Å²) in [5, 5.41) is 0.212. The van der Waals surface area contributed by atoms with E-state index >= 15 is 0 Å². The summed E-state index contributed by atoms with van der Waals surface area (Å²) in [5.74, 6) is 0.423. The fraction of sp³-hybridized carbons (Fsp3) is 0.182. The van der Waals surface area contributed by atoms with E-state index in [1.54, 1.807) is 25.1 Å². The molecule has 0 saturated heterocycles. The van der Waals surface area contributed by atoms with Gasteiger partial charge in [-0.15, -0.1) is 0 Å². The Morgan fingerprint density at radius 1 is 1.45 bits per heavy atom. The van der Waals surface area contributed by atoms with Gasteiger partial charge in [-0.05, 0) is 25.1 Å². The molecule has 0 aliphatic heterocycles. The maximum atomic E-state index is 12.3. The van der Waals surface area contributed by atoms with Crippen LogP contribution in [0.25, 0.3) is 0 Å². The normalized spacial score (nSPS) is 11.3. The van der Waals surface area contributed by atoms with Gasteiger partial charge in [0.25, 0.3) is 10.0 Å². The number of ether oxygens (including phenoxy) is 1. The number of nitrogens with zero attached hydrogens (tertiary/aromatic N) is 1. The van der Waals surface area contributed by atoms with E-state index in [1.807, 2.05) is 0 Å². The average Bonchev–Trinajstić information content (AvgIpc) is 2.69. The molecular formula is C11H12BrN3O3S2. The van der Waals surface area contributed by atoms with E-state index < -0.39 is 10.0 Å². The molecule has 6 nitrogen and oxygen atoms in total. The second-order valence-electron chi connectivity index (χ2n) is 3.88. The minimum atomic E-state index is -3.75. The second kappa shape index (κ2) is 5.58. The zero-order chi connectivity index (χ0) is 14.9. The molecule has 2 aromatic rings. The van der Waals surface area contributed by atoms with Crippen LogP contribution in [-0.2, 0) is 10.0 Å². The van der Waals surface area contributed by atoms with Gasteiger partial charge >= 0.3 is 0 Å². The maximum Gasteiger partial charge on any atom is 0.273 e. The summed E-state index contributed by atoms with van der Waals surface area (Å²) >= 11 is 4.21. The van der Waals surface area contributed by atoms with Crippen LogP contribution in [-0.4, -0.2) is 20.5 Å². The van der Waals surface area contributed by atoms with Gasteiger partial charge in [0.2, 0.25) is 0 Å². The predicted octanol–water partition coefficient (Wildman–Crippen LogP) is 2.61. The first-order chi connectivity index (χ1) is 9.33. The number of halogens is 1. The van der Waals surface area contributed by atoms with Crippen molar-refractivity contribution >= 4 is 48.1 Å². The molecule has 0 atom stereocenters. The number of rotatable bonds is 4. The van der Waals surface area contributed by atoms with E-state index in [2.05, 4.69) is 25.6 Å². The molecule has 0 fully saturated rings. The minimum absolute atomic E-state index is 0.0945. The van der Waals surface area contributed by atoms with Gasteiger partial charge in [-0.2, -0.15) is 0 Å². The highest BCUT2D eigenvalue weighted by Crippen LogP contribution is 2.32. The number of aromatic nitrogens is 1. The minimum Gasteiger partial charge on any atom is -0.495 e. The number of hydrogen-bond donors (Lipinski definition) is 2. The van der Waals surface area contributed by atoms with E-state index in [0.717, 1.165) is 15.8 Å². The lowest BCUT2D eigenvalue weighted by atomic mass is 10.3. The van der Waals surface area contributed by atoms with Gasteiger partial charge in [0.05, 0.1) is 18.5 Å². The Morgan fingerprint density at radius 3 is 2.70 bits per heavy atom. The van der Waals surface area contributed by atoms with E-state index in [4.69, 9.17) is 10.5 Å². The number of thiazole rings is 1. The van der Waals surface area contributed by atoms with Gasteiger partial charge in [-0.1, -0.05) is 27.3 Å². The average molecular weight is 378 g/mol. The topological polar surface area (TPSA) is 94.3 Å². The van der Waals surface area contributed by atoms with Crippen molar-refractivity contribution in [3.63, 3.8) is 0 Å². The largest absolute Gasteiger partial charge is 0.495 e. The van der Waals surface area contributed by atoms with Crippen LogP contribution in [0.1, 0.15) is 5.69 Å². The Morgan fingerprint density at radius 2 is 2.15 bits per heavy atom. The summed E-state index contributed by atoms with van der Waals surface area (Å²) in [6.07, 6.45) is 0. The molecule has 0 unspecified atom stereocenters. The van der Waals surface area contributed by atoms with Gasteiger partial charge < -0.3 is 10.5 Å². The highest BCUT2D eigenvalue weighted by molar-refractivity contribution is 9.10. The quantitative estimate of drug-likeness (QED) is 0.853. The van der Waals surface area contributed by atoms with Crippen molar-refractivity contribution in [3.8, 4) is 5.75 Å². The van der Waals surface area contributed by atoms with Crippen molar-refractivity contribution in [1.29, 1.82) is 0 Å². The zero-order valence-electron chi connectivity index (χ0n) is 10.7. The number of sulfonamides is 1. The van der Waals surface area contributed by atoms with Crippen LogP contribution in [0, 0.1) is 6.92 Å². The molecule has 0 radical (unpaired) electrons. The lowest BCUT2D eigenvalue weighted by molar-refractivity contribution is 0.417. The summed E-state index contributed by atoms with van der Waals surface area (Å²) in [5.41, 5.74) is 6.24. The molecule has 2 rings (SSSR count). The molecule has 1 heterocycles. The van der Waals surface area contributed by atoms with Crippen LogP contribution in [0.4, 0.5) is 10.8 Å². The van der Waals surface area contributed by atoms with Crippen molar-refractivity contribution in [2.45, 2.75) is 11.1 Å². The number of benzene rings is 1. The molecular weight excluding hydrogens is 366 g/mol. The molecule has 0 aliphatic rings. The molecule has 0 bridgehead atoms. The molecule has 9 heteroatoms.